The molecule has 2 nitrogen and oxygen atoms in total. The molecule has 17 heavy (non-hydrogen) atoms. The van der Waals surface area contributed by atoms with Crippen molar-refractivity contribution >= 4 is 12.6 Å². The Hall–Kier alpha value is -0.670. The van der Waals surface area contributed by atoms with Gasteiger partial charge in [-0.05, 0) is 62.9 Å². The fraction of sp³-hybridized carbons (Fsp3) is 0.571. The molecule has 1 aliphatic carbocycles. The second kappa shape index (κ2) is 8.43. The van der Waals surface area contributed by atoms with E-state index in [4.69, 9.17) is 10.5 Å². The lowest BCUT2D eigenvalue weighted by Crippen LogP contribution is -2.10. The van der Waals surface area contributed by atoms with Crippen molar-refractivity contribution in [3.63, 3.8) is 0 Å². The van der Waals surface area contributed by atoms with E-state index < -0.39 is 0 Å². The molecular formula is C14H23NOS. The molecule has 2 N–H and O–H groups in total. The minimum Gasteiger partial charge on any atom is -0.490 e. The minimum atomic E-state index is 0.450. The van der Waals surface area contributed by atoms with E-state index in [-0.39, 0.29) is 0 Å². The van der Waals surface area contributed by atoms with Gasteiger partial charge in [0.15, 0.2) is 0 Å². The summed E-state index contributed by atoms with van der Waals surface area (Å²) in [4.78, 5) is 0.985. The molecule has 96 valence electrons. The third-order valence-electron chi connectivity index (χ3n) is 2.73. The van der Waals surface area contributed by atoms with Gasteiger partial charge in [0, 0.05) is 4.90 Å². The molecule has 1 aliphatic rings. The number of rotatable bonds is 3. The van der Waals surface area contributed by atoms with E-state index in [0.29, 0.717) is 6.10 Å². The smallest absolute Gasteiger partial charge is 0.119 e. The first-order valence-corrected chi connectivity index (χ1v) is 6.86. The Balaban J connectivity index is 0.000000317. The quantitative estimate of drug-likeness (QED) is 0.806. The van der Waals surface area contributed by atoms with Crippen molar-refractivity contribution in [2.45, 2.75) is 50.0 Å². The summed E-state index contributed by atoms with van der Waals surface area (Å²) in [5.74, 6) is 0.977. The molecule has 3 heteroatoms. The fourth-order valence-corrected chi connectivity index (χ4v) is 1.87. The Bertz CT molecular complexity index is 292. The van der Waals surface area contributed by atoms with Crippen molar-refractivity contribution < 1.29 is 4.74 Å². The van der Waals surface area contributed by atoms with Gasteiger partial charge in [0.2, 0.25) is 0 Å². The molecule has 1 fully saturated rings. The maximum Gasteiger partial charge on any atom is 0.119 e. The summed E-state index contributed by atoms with van der Waals surface area (Å²) >= 11 is 4.22. The Morgan fingerprint density at radius 2 is 1.76 bits per heavy atom. The van der Waals surface area contributed by atoms with Gasteiger partial charge in [-0.3, -0.25) is 0 Å². The molecule has 0 heterocycles. The standard InChI is InChI=1S/C11H14OS.C3H9N/c13-11-7-5-10(6-8-11)12-9-3-1-2-4-9;1-2-3-4/h5-9,13H,1-4H2;2-4H2,1H3. The van der Waals surface area contributed by atoms with Crippen LogP contribution in [-0.4, -0.2) is 12.6 Å². The molecule has 1 aromatic rings. The van der Waals surface area contributed by atoms with Crippen molar-refractivity contribution in [2.75, 3.05) is 6.54 Å². The summed E-state index contributed by atoms with van der Waals surface area (Å²) in [6.45, 7) is 2.88. The maximum absolute atomic E-state index is 5.80. The Labute approximate surface area is 110 Å². The van der Waals surface area contributed by atoms with Crippen LogP contribution in [0.15, 0.2) is 29.2 Å². The van der Waals surface area contributed by atoms with Crippen LogP contribution in [0.5, 0.6) is 5.75 Å². The highest BCUT2D eigenvalue weighted by Crippen LogP contribution is 2.24. The lowest BCUT2D eigenvalue weighted by Gasteiger charge is -2.12. The fourth-order valence-electron chi connectivity index (χ4n) is 1.72. The number of ether oxygens (including phenoxy) is 1. The lowest BCUT2D eigenvalue weighted by molar-refractivity contribution is 0.210. The molecule has 2 rings (SSSR count). The van der Waals surface area contributed by atoms with E-state index in [9.17, 15) is 0 Å². The van der Waals surface area contributed by atoms with Gasteiger partial charge in [-0.15, -0.1) is 12.6 Å². The number of hydrogen-bond acceptors (Lipinski definition) is 3. The van der Waals surface area contributed by atoms with Gasteiger partial charge in [-0.1, -0.05) is 6.92 Å². The zero-order valence-corrected chi connectivity index (χ0v) is 11.5. The molecule has 0 saturated heterocycles. The third kappa shape index (κ3) is 5.99. The molecule has 1 saturated carbocycles. The van der Waals surface area contributed by atoms with E-state index in [2.05, 4.69) is 19.6 Å². The average molecular weight is 253 g/mol. The first kappa shape index (κ1) is 14.4. The van der Waals surface area contributed by atoms with Crippen LogP contribution in [0.1, 0.15) is 39.0 Å². The molecule has 0 spiro atoms. The molecule has 0 aromatic heterocycles. The van der Waals surface area contributed by atoms with E-state index in [1.54, 1.807) is 0 Å². The number of hydrogen-bond donors (Lipinski definition) is 2. The summed E-state index contributed by atoms with van der Waals surface area (Å²) in [6, 6.07) is 7.90. The monoisotopic (exact) mass is 253 g/mol. The van der Waals surface area contributed by atoms with Crippen molar-refractivity contribution in [1.29, 1.82) is 0 Å². The van der Waals surface area contributed by atoms with Crippen LogP contribution in [0.2, 0.25) is 0 Å². The predicted molar refractivity (Wildman–Crippen MR) is 75.9 cm³/mol. The molecule has 0 aliphatic heterocycles. The second-order valence-corrected chi connectivity index (χ2v) is 4.82. The van der Waals surface area contributed by atoms with Crippen molar-refractivity contribution in [3.8, 4) is 5.75 Å². The van der Waals surface area contributed by atoms with E-state index >= 15 is 0 Å². The normalized spacial score (nSPS) is 15.2. The zero-order valence-electron chi connectivity index (χ0n) is 10.6. The highest BCUT2D eigenvalue weighted by atomic mass is 32.1. The Kier molecular flexibility index (Phi) is 7.13. The van der Waals surface area contributed by atoms with Crippen LogP contribution in [-0.2, 0) is 0 Å². The van der Waals surface area contributed by atoms with E-state index in [0.717, 1.165) is 23.6 Å². The number of thiol groups is 1. The summed E-state index contributed by atoms with van der Waals surface area (Å²) < 4.78 is 5.80. The van der Waals surface area contributed by atoms with Crippen molar-refractivity contribution in [1.82, 2.24) is 0 Å². The van der Waals surface area contributed by atoms with Crippen LogP contribution in [0, 0.1) is 0 Å². The molecule has 0 bridgehead atoms. The van der Waals surface area contributed by atoms with Crippen LogP contribution in [0.4, 0.5) is 0 Å². The number of benzene rings is 1. The second-order valence-electron chi connectivity index (χ2n) is 4.31. The lowest BCUT2D eigenvalue weighted by atomic mass is 10.3. The van der Waals surface area contributed by atoms with Gasteiger partial charge in [0.1, 0.15) is 5.75 Å². The van der Waals surface area contributed by atoms with E-state index in [1.165, 1.54) is 25.7 Å². The third-order valence-corrected chi connectivity index (χ3v) is 3.03. The Morgan fingerprint density at radius 3 is 2.24 bits per heavy atom. The summed E-state index contributed by atoms with van der Waals surface area (Å²) in [5, 5.41) is 0. The first-order chi connectivity index (χ1) is 8.26. The maximum atomic E-state index is 5.80. The van der Waals surface area contributed by atoms with Gasteiger partial charge in [0.25, 0.3) is 0 Å². The van der Waals surface area contributed by atoms with Gasteiger partial charge < -0.3 is 10.5 Å². The van der Waals surface area contributed by atoms with Crippen LogP contribution < -0.4 is 10.5 Å². The summed E-state index contributed by atoms with van der Waals surface area (Å²) in [5.41, 5.74) is 5.03. The topological polar surface area (TPSA) is 35.2 Å². The minimum absolute atomic E-state index is 0.450. The zero-order chi connectivity index (χ0) is 12.5. The highest BCUT2D eigenvalue weighted by Gasteiger charge is 2.15. The van der Waals surface area contributed by atoms with Crippen molar-refractivity contribution in [2.24, 2.45) is 5.73 Å². The summed E-state index contributed by atoms with van der Waals surface area (Å²) in [6.07, 6.45) is 6.60. The molecule has 0 unspecified atom stereocenters. The summed E-state index contributed by atoms with van der Waals surface area (Å²) in [7, 11) is 0. The molecule has 0 amide bonds. The average Bonchev–Trinajstić information content (AvgIpc) is 2.85. The largest absolute Gasteiger partial charge is 0.490 e. The van der Waals surface area contributed by atoms with Gasteiger partial charge in [0.05, 0.1) is 6.10 Å². The van der Waals surface area contributed by atoms with Crippen molar-refractivity contribution in [3.05, 3.63) is 24.3 Å². The molecule has 0 radical (unpaired) electrons. The van der Waals surface area contributed by atoms with Gasteiger partial charge in [-0.2, -0.15) is 0 Å². The molecule has 0 atom stereocenters. The SMILES string of the molecule is CCCN.Sc1ccc(OC2CCCC2)cc1. The number of nitrogens with two attached hydrogens (primary N) is 1. The van der Waals surface area contributed by atoms with Crippen LogP contribution in [0.25, 0.3) is 0 Å². The van der Waals surface area contributed by atoms with Crippen LogP contribution >= 0.6 is 12.6 Å². The molecular weight excluding hydrogens is 230 g/mol. The van der Waals surface area contributed by atoms with E-state index in [1.807, 2.05) is 24.3 Å². The molecule has 1 aromatic carbocycles. The Morgan fingerprint density at radius 1 is 1.24 bits per heavy atom. The van der Waals surface area contributed by atoms with Gasteiger partial charge >= 0.3 is 0 Å². The first-order valence-electron chi connectivity index (χ1n) is 6.42. The van der Waals surface area contributed by atoms with Crippen LogP contribution in [0.3, 0.4) is 0 Å². The predicted octanol–water partition coefficient (Wildman–Crippen LogP) is 3.65. The van der Waals surface area contributed by atoms with Gasteiger partial charge in [-0.25, -0.2) is 0 Å². The highest BCUT2D eigenvalue weighted by molar-refractivity contribution is 7.80.